The van der Waals surface area contributed by atoms with Crippen molar-refractivity contribution in [2.24, 2.45) is 11.5 Å². The SMILES string of the molecule is CCOC(=O)C1(N)Cc2ccc(C#N)cc2C1.CCOC(=O)C1(NC(=O)c2cccc(C)c2OC(C)C)Cc2ccc(C#N)cc2C1.Cc1cccc(C(=O)NC2(C(=O)O)Cc3ccc(C#N)cc3C2)c1OC(C)C.Cc1cccc(C(=O)NC2(C(=O)O)Cc3ccc(C(=O)O)cc3C2)c1OC(C)C.Cc1cccc(C(=O)NC2(C(=O)O)Cc3ccc(C(N)=O)cc3C2)c1OC(C)C.Cc1cccc(C(=O)O)c1OC(C)C. The molecule has 15 rings (SSSR count). The lowest BCUT2D eigenvalue weighted by Crippen LogP contribution is -2.56. The van der Waals surface area contributed by atoms with Crippen LogP contribution >= 0.6 is 0 Å². The summed E-state index contributed by atoms with van der Waals surface area (Å²) in [6.07, 6.45) is 1.54. The predicted molar refractivity (Wildman–Crippen MR) is 544 cm³/mol. The van der Waals surface area contributed by atoms with E-state index in [1.165, 1.54) is 12.1 Å². The number of ether oxygens (including phenoxy) is 7. The molecular weight excluding hydrogens is 1880 g/mol. The summed E-state index contributed by atoms with van der Waals surface area (Å²) in [6, 6.07) is 57.4. The number of aryl methyl sites for hydroxylation is 5. The maximum atomic E-state index is 13.3. The molecule has 5 aliphatic carbocycles. The van der Waals surface area contributed by atoms with Crippen LogP contribution in [0.25, 0.3) is 0 Å². The number of primary amides is 1. The van der Waals surface area contributed by atoms with Crippen molar-refractivity contribution < 1.29 is 116 Å². The average molecular weight is 2000 g/mol. The van der Waals surface area contributed by atoms with Gasteiger partial charge in [-0.1, -0.05) is 91.0 Å². The number of fused-ring (bicyclic) bond motifs is 5. The van der Waals surface area contributed by atoms with Crippen molar-refractivity contribution >= 4 is 71.3 Å². The number of hydrogen-bond acceptors (Lipinski definition) is 23. The standard InChI is InChI=1S/C24H26N2O4.C22H24N2O5.C22H22N2O4.C22H23NO6.C13H14N2O2.C11H14O3/c1-5-29-23(28)24(12-18-10-9-17(14-25)11-19(18)13-24)26-22(27)20-8-6-7-16(4)21(20)30-15(2)3;1-12(2)29-18-13(3)5-4-6-17(18)20(26)24-22(21(27)28)10-15-8-7-14(19(23)25)9-16(15)11-22;1-13(2)28-19-14(3)5-4-6-18(19)20(25)24-22(21(26)27)10-16-8-7-15(12-23)9-17(16)11-22;1-12(2)29-18-13(3)5-4-6-17(18)19(24)23-22(21(27)28)10-15-8-7-14(20(25)26)9-16(15)11-22;1-2-17-12(16)13(15)6-10-4-3-9(8-14)5-11(10)7-13;1-7(2)14-10-8(3)5-4-6-9(10)11(12)13/h6-11,15H,5,12-13H2,1-4H3,(H,26,27);4-9,12H,10-11H2,1-3H3,(H2,23,25)(H,24,26)(H,27,28);4-9,13H,10-11H2,1-3H3,(H,24,25)(H,26,27);4-9,12H,10-11H2,1-3H3,(H,23,24)(H,25,26)(H,27,28);3-5H,2,6-7,15H2,1H3;4-7H,1-3H3,(H,12,13). The second-order valence-electron chi connectivity index (χ2n) is 38.2. The molecule has 0 heterocycles. The van der Waals surface area contributed by atoms with Gasteiger partial charge in [0, 0.05) is 69.8 Å². The normalized spacial score (nSPS) is 17.3. The maximum absolute atomic E-state index is 13.3. The first-order chi connectivity index (χ1) is 69.4. The molecule has 0 radical (unpaired) electrons. The van der Waals surface area contributed by atoms with Gasteiger partial charge in [0.25, 0.3) is 23.6 Å². The fourth-order valence-electron chi connectivity index (χ4n) is 18.0. The quantitative estimate of drug-likeness (QED) is 0.0203. The molecule has 0 aliphatic heterocycles. The van der Waals surface area contributed by atoms with E-state index in [2.05, 4.69) is 39.5 Å². The molecule has 5 atom stereocenters. The first-order valence-corrected chi connectivity index (χ1v) is 47.9. The van der Waals surface area contributed by atoms with Crippen LogP contribution in [-0.2, 0) is 97.7 Å². The third-order valence-electron chi connectivity index (χ3n) is 24.9. The topological polar surface area (TPSA) is 542 Å². The van der Waals surface area contributed by atoms with Gasteiger partial charge in [-0.2, -0.15) is 15.8 Å². The number of nitrogens with two attached hydrogens (primary N) is 2. The summed E-state index contributed by atoms with van der Waals surface area (Å²) in [7, 11) is 0. The first-order valence-electron chi connectivity index (χ1n) is 47.9. The predicted octanol–water partition coefficient (Wildman–Crippen LogP) is 15.0. The summed E-state index contributed by atoms with van der Waals surface area (Å²) >= 11 is 0. The average Bonchev–Trinajstić information content (AvgIpc) is 1.63. The van der Waals surface area contributed by atoms with Gasteiger partial charge in [-0.05, 0) is 292 Å². The second kappa shape index (κ2) is 48.1. The largest absolute Gasteiger partial charge is 0.490 e. The summed E-state index contributed by atoms with van der Waals surface area (Å²) in [4.78, 5) is 147. The van der Waals surface area contributed by atoms with Crippen LogP contribution in [0.3, 0.4) is 0 Å². The van der Waals surface area contributed by atoms with E-state index in [0.29, 0.717) is 105 Å². The number of carbonyl (C=O) groups excluding carboxylic acids is 7. The fraction of sp³-hybridized carbons (Fsp3) is 0.342. The van der Waals surface area contributed by atoms with Gasteiger partial charge in [0.05, 0.1) is 106 Å². The molecule has 13 N–H and O–H groups in total. The lowest BCUT2D eigenvalue weighted by atomic mass is 9.94. The van der Waals surface area contributed by atoms with Crippen molar-refractivity contribution in [1.29, 1.82) is 15.8 Å². The zero-order chi connectivity index (χ0) is 108. The number of rotatable bonds is 28. The number of benzene rings is 10. The third kappa shape index (κ3) is 27.0. The van der Waals surface area contributed by atoms with Crippen LogP contribution < -0.4 is 56.4 Å². The highest BCUT2D eigenvalue weighted by atomic mass is 16.5. The highest BCUT2D eigenvalue weighted by Crippen LogP contribution is 2.41. The van der Waals surface area contributed by atoms with Gasteiger partial charge >= 0.3 is 41.8 Å². The number of aliphatic carboxylic acids is 3. The Balaban J connectivity index is 0.000000184. The molecule has 5 amide bonds. The van der Waals surface area contributed by atoms with E-state index in [0.717, 1.165) is 66.8 Å². The molecule has 10 aromatic carbocycles. The highest BCUT2D eigenvalue weighted by Gasteiger charge is 2.51. The summed E-state index contributed by atoms with van der Waals surface area (Å²) in [6.45, 7) is 31.9. The fourth-order valence-corrected chi connectivity index (χ4v) is 18.0. The van der Waals surface area contributed by atoms with Crippen molar-refractivity contribution in [3.8, 4) is 47.0 Å². The Morgan fingerprint density at radius 1 is 0.313 bits per heavy atom. The van der Waals surface area contributed by atoms with Crippen LogP contribution in [0.2, 0.25) is 0 Å². The van der Waals surface area contributed by atoms with E-state index in [4.69, 9.17) is 60.3 Å². The number of esters is 2. The number of hydrogen-bond donors (Lipinski definition) is 11. The van der Waals surface area contributed by atoms with Gasteiger partial charge in [-0.25, -0.2) is 28.8 Å². The number of carboxylic acids is 5. The number of carboxylic acid groups (broad SMARTS) is 5. The van der Waals surface area contributed by atoms with Gasteiger partial charge in [0.1, 0.15) is 62.0 Å². The lowest BCUT2D eigenvalue weighted by Gasteiger charge is -2.28. The molecule has 5 unspecified atom stereocenters. The van der Waals surface area contributed by atoms with E-state index in [1.54, 1.807) is 141 Å². The minimum absolute atomic E-state index is 0.0106. The maximum Gasteiger partial charge on any atom is 0.339 e. The summed E-state index contributed by atoms with van der Waals surface area (Å²) in [5.74, 6) is -6.53. The van der Waals surface area contributed by atoms with Gasteiger partial charge in [0.2, 0.25) is 5.91 Å². The molecule has 0 saturated heterocycles. The van der Waals surface area contributed by atoms with Crippen LogP contribution in [0.5, 0.6) is 28.7 Å². The lowest BCUT2D eigenvalue weighted by molar-refractivity contribution is -0.150. The molecule has 10 aromatic rings. The number of carbonyl (C=O) groups is 12. The Labute approximate surface area is 852 Å². The number of nitrogens with zero attached hydrogens (tertiary/aromatic N) is 3. The van der Waals surface area contributed by atoms with Crippen LogP contribution in [0.1, 0.15) is 256 Å². The number of amides is 5. The Bertz CT molecular complexity index is 6740. The minimum Gasteiger partial charge on any atom is -0.490 e. The highest BCUT2D eigenvalue weighted by molar-refractivity contribution is 6.05. The van der Waals surface area contributed by atoms with Crippen molar-refractivity contribution in [2.45, 2.75) is 240 Å². The molecule has 768 valence electrons. The number of aromatic carboxylic acids is 2. The number of nitriles is 3. The third-order valence-corrected chi connectivity index (χ3v) is 24.9. The summed E-state index contributed by atoms with van der Waals surface area (Å²) < 4.78 is 39.0. The van der Waals surface area contributed by atoms with Crippen LogP contribution in [0, 0.1) is 68.6 Å². The molecule has 0 spiro atoms. The van der Waals surface area contributed by atoms with Gasteiger partial charge in [0.15, 0.2) is 0 Å². The Morgan fingerprint density at radius 2 is 0.551 bits per heavy atom. The minimum atomic E-state index is -1.55. The molecule has 0 fully saturated rings. The van der Waals surface area contributed by atoms with Crippen molar-refractivity contribution in [1.82, 2.24) is 21.3 Å². The smallest absolute Gasteiger partial charge is 0.339 e. The van der Waals surface area contributed by atoms with Gasteiger partial charge in [-0.3, -0.25) is 28.8 Å². The second-order valence-corrected chi connectivity index (χ2v) is 38.2. The Morgan fingerprint density at radius 3 is 0.837 bits per heavy atom. The molecular formula is C114H123N9O24. The molecule has 33 heteroatoms. The van der Waals surface area contributed by atoms with Crippen LogP contribution in [0.15, 0.2) is 182 Å². The van der Waals surface area contributed by atoms with E-state index in [-0.39, 0.29) is 110 Å². The van der Waals surface area contributed by atoms with Gasteiger partial charge in [-0.15, -0.1) is 0 Å². The van der Waals surface area contributed by atoms with E-state index in [9.17, 15) is 83.2 Å². The molecule has 0 aromatic heterocycles. The van der Waals surface area contributed by atoms with Gasteiger partial charge < -0.3 is 91.4 Å². The van der Waals surface area contributed by atoms with Crippen LogP contribution in [-0.4, -0.2) is 168 Å². The van der Waals surface area contributed by atoms with Crippen LogP contribution in [0.4, 0.5) is 0 Å². The Kier molecular flexibility index (Phi) is 36.7. The number of nitrogens with one attached hydrogen (secondary N) is 4. The zero-order valence-electron chi connectivity index (χ0n) is 85.2. The van der Waals surface area contributed by atoms with E-state index >= 15 is 0 Å². The van der Waals surface area contributed by atoms with Crippen molar-refractivity contribution in [3.63, 3.8) is 0 Å². The summed E-state index contributed by atoms with van der Waals surface area (Å²) in [5.41, 5.74) is 20.3. The van der Waals surface area contributed by atoms with Crippen molar-refractivity contribution in [2.75, 3.05) is 13.2 Å². The summed E-state index contributed by atoms with van der Waals surface area (Å²) in [5, 5.41) is 86.0. The molecule has 0 saturated carbocycles. The Hall–Kier alpha value is -16.7. The monoisotopic (exact) mass is 2000 g/mol. The van der Waals surface area contributed by atoms with Crippen molar-refractivity contribution in [3.05, 3.63) is 321 Å². The van der Waals surface area contributed by atoms with E-state index < -0.39 is 93.0 Å². The molecule has 0 bridgehead atoms. The molecule has 147 heavy (non-hydrogen) atoms. The molecule has 33 nitrogen and oxygen atoms in total. The zero-order valence-corrected chi connectivity index (χ0v) is 85.2. The first kappa shape index (κ1) is 112. The van der Waals surface area contributed by atoms with E-state index in [1.807, 2.05) is 146 Å². The molecule has 5 aliphatic rings. The number of para-hydroxylation sites is 5.